The summed E-state index contributed by atoms with van der Waals surface area (Å²) in [7, 11) is 0. The summed E-state index contributed by atoms with van der Waals surface area (Å²) in [6.45, 7) is 5.76. The van der Waals surface area contributed by atoms with Gasteiger partial charge < -0.3 is 15.4 Å². The van der Waals surface area contributed by atoms with Gasteiger partial charge in [0.05, 0.1) is 28.3 Å². The van der Waals surface area contributed by atoms with Crippen LogP contribution in [0, 0.1) is 0 Å². The van der Waals surface area contributed by atoms with Crippen molar-refractivity contribution >= 4 is 41.5 Å². The number of benzene rings is 1. The first kappa shape index (κ1) is 22.5. The van der Waals surface area contributed by atoms with E-state index in [2.05, 4.69) is 0 Å². The molecule has 1 aliphatic rings. The van der Waals surface area contributed by atoms with Gasteiger partial charge >= 0.3 is 0 Å². The Morgan fingerprint density at radius 3 is 2.52 bits per heavy atom. The number of hydrogen-bond donors (Lipinski definition) is 1. The minimum Gasteiger partial charge on any atom is -0.373 e. The number of ether oxygens (including phenoxy) is 1. The molecule has 2 N–H and O–H groups in total. The van der Waals surface area contributed by atoms with E-state index in [9.17, 15) is 4.79 Å². The predicted octanol–water partition coefficient (Wildman–Crippen LogP) is 4.44. The zero-order chi connectivity index (χ0) is 17.7. The van der Waals surface area contributed by atoms with E-state index in [-0.39, 0.29) is 24.4 Å². The van der Waals surface area contributed by atoms with Crippen molar-refractivity contribution in [2.24, 2.45) is 5.73 Å². The lowest BCUT2D eigenvalue weighted by molar-refractivity contribution is -0.139. The second-order valence-corrected chi connectivity index (χ2v) is 7.53. The van der Waals surface area contributed by atoms with Crippen molar-refractivity contribution in [3.05, 3.63) is 33.8 Å². The van der Waals surface area contributed by atoms with Crippen molar-refractivity contribution in [2.45, 2.75) is 57.8 Å². The molecule has 2 rings (SSSR count). The summed E-state index contributed by atoms with van der Waals surface area (Å²) >= 11 is 11.9. The van der Waals surface area contributed by atoms with Gasteiger partial charge in [-0.15, -0.1) is 12.4 Å². The van der Waals surface area contributed by atoms with Crippen LogP contribution in [0.1, 0.15) is 45.1 Å². The molecule has 1 atom stereocenters. The summed E-state index contributed by atoms with van der Waals surface area (Å²) in [5.74, 6) is 0.0484. The van der Waals surface area contributed by atoms with Crippen molar-refractivity contribution in [1.29, 1.82) is 0 Å². The molecule has 1 unspecified atom stereocenters. The number of rotatable bonds is 6. The van der Waals surface area contributed by atoms with Gasteiger partial charge in [-0.3, -0.25) is 4.79 Å². The lowest BCUT2D eigenvalue weighted by Gasteiger charge is -2.36. The first-order valence-corrected chi connectivity index (χ1v) is 9.23. The molecular weight excluding hydrogens is 383 g/mol. The Bertz CT molecular complexity index is 573. The monoisotopic (exact) mass is 408 g/mol. The third-order valence-electron chi connectivity index (χ3n) is 4.46. The van der Waals surface area contributed by atoms with Crippen molar-refractivity contribution < 1.29 is 9.53 Å². The van der Waals surface area contributed by atoms with Crippen molar-refractivity contribution in [3.63, 3.8) is 0 Å². The van der Waals surface area contributed by atoms with Gasteiger partial charge in [-0.25, -0.2) is 0 Å². The van der Waals surface area contributed by atoms with Crippen LogP contribution < -0.4 is 5.73 Å². The molecule has 1 fully saturated rings. The summed E-state index contributed by atoms with van der Waals surface area (Å²) in [5.41, 5.74) is 6.39. The average molecular weight is 410 g/mol. The Balaban J connectivity index is 0.00000312. The van der Waals surface area contributed by atoms with Crippen LogP contribution in [-0.4, -0.2) is 35.5 Å². The number of carbonyl (C=O) groups is 1. The Labute approximate surface area is 166 Å². The van der Waals surface area contributed by atoms with Crippen LogP contribution in [0.15, 0.2) is 18.2 Å². The number of nitrogens with two attached hydrogens (primary N) is 1. The summed E-state index contributed by atoms with van der Waals surface area (Å²) in [6.07, 6.45) is 3.42. The fraction of sp³-hybridized carbons (Fsp3) is 0.611. The van der Waals surface area contributed by atoms with Crippen LogP contribution >= 0.6 is 35.6 Å². The number of carbonyl (C=O) groups excluding carboxylic acids is 1. The van der Waals surface area contributed by atoms with Crippen LogP contribution in [0.2, 0.25) is 10.0 Å². The quantitative estimate of drug-likeness (QED) is 0.755. The summed E-state index contributed by atoms with van der Waals surface area (Å²) in [5, 5.41) is 1.08. The molecule has 0 bridgehead atoms. The molecule has 0 radical (unpaired) electrons. The van der Waals surface area contributed by atoms with Crippen molar-refractivity contribution in [1.82, 2.24) is 4.90 Å². The van der Waals surface area contributed by atoms with Crippen LogP contribution in [0.25, 0.3) is 0 Å². The average Bonchev–Trinajstić information content (AvgIpc) is 2.56. The fourth-order valence-corrected chi connectivity index (χ4v) is 3.38. The van der Waals surface area contributed by atoms with Gasteiger partial charge in [0.25, 0.3) is 0 Å². The molecule has 0 spiro atoms. The molecular formula is C18H27Cl3N2O2. The molecule has 1 aromatic rings. The van der Waals surface area contributed by atoms with E-state index in [4.69, 9.17) is 33.7 Å². The Morgan fingerprint density at radius 2 is 1.96 bits per heavy atom. The minimum atomic E-state index is -0.761. The number of nitrogens with zero attached hydrogens (tertiary/aromatic N) is 1. The van der Waals surface area contributed by atoms with Gasteiger partial charge in [0.1, 0.15) is 0 Å². The topological polar surface area (TPSA) is 55.6 Å². The molecule has 1 heterocycles. The molecule has 7 heteroatoms. The molecule has 0 aliphatic carbocycles. The number of likely N-dealkylation sites (tertiary alicyclic amines) is 1. The molecule has 1 aromatic carbocycles. The van der Waals surface area contributed by atoms with Crippen LogP contribution in [0.5, 0.6) is 0 Å². The van der Waals surface area contributed by atoms with Crippen molar-refractivity contribution in [3.8, 4) is 0 Å². The first-order valence-electron chi connectivity index (χ1n) is 8.47. The second kappa shape index (κ2) is 9.98. The van der Waals surface area contributed by atoms with Gasteiger partial charge in [-0.2, -0.15) is 0 Å². The van der Waals surface area contributed by atoms with Gasteiger partial charge in [0.2, 0.25) is 5.91 Å². The number of piperidine rings is 1. The van der Waals surface area contributed by atoms with E-state index >= 15 is 0 Å². The standard InChI is InChI=1S/C18H26Cl2N2O2.ClH/c1-3-8-18(2,21)17(23)22-9-6-14(7-10-22)24-12-13-4-5-15(19)16(20)11-13;/h4-5,11,14H,3,6-10,12,21H2,1-2H3;1H. The summed E-state index contributed by atoms with van der Waals surface area (Å²) in [6, 6.07) is 5.52. The fourth-order valence-electron chi connectivity index (χ4n) is 3.06. The highest BCUT2D eigenvalue weighted by molar-refractivity contribution is 6.42. The number of halogens is 3. The maximum atomic E-state index is 12.5. The van der Waals surface area contributed by atoms with Crippen LogP contribution in [-0.2, 0) is 16.1 Å². The molecule has 1 aliphatic heterocycles. The maximum Gasteiger partial charge on any atom is 0.242 e. The summed E-state index contributed by atoms with van der Waals surface area (Å²) in [4.78, 5) is 14.4. The SMILES string of the molecule is CCCC(C)(N)C(=O)N1CCC(OCc2ccc(Cl)c(Cl)c2)CC1.Cl. The molecule has 142 valence electrons. The molecule has 1 amide bonds. The van der Waals surface area contributed by atoms with Crippen LogP contribution in [0.4, 0.5) is 0 Å². The second-order valence-electron chi connectivity index (χ2n) is 6.72. The lowest BCUT2D eigenvalue weighted by atomic mass is 9.94. The van der Waals surface area contributed by atoms with Gasteiger partial charge in [0, 0.05) is 13.1 Å². The minimum absolute atomic E-state index is 0. The third-order valence-corrected chi connectivity index (χ3v) is 5.20. The molecule has 4 nitrogen and oxygen atoms in total. The maximum absolute atomic E-state index is 12.5. The van der Waals surface area contributed by atoms with E-state index in [1.54, 1.807) is 6.07 Å². The lowest BCUT2D eigenvalue weighted by Crippen LogP contribution is -2.55. The Kier molecular flexibility index (Phi) is 8.99. The van der Waals surface area contributed by atoms with Gasteiger partial charge in [-0.05, 0) is 43.9 Å². The van der Waals surface area contributed by atoms with Crippen LogP contribution in [0.3, 0.4) is 0 Å². The zero-order valence-electron chi connectivity index (χ0n) is 14.8. The first-order chi connectivity index (χ1) is 11.3. The highest BCUT2D eigenvalue weighted by atomic mass is 35.5. The molecule has 1 saturated heterocycles. The number of amides is 1. The normalized spacial score (nSPS) is 17.7. The van der Waals surface area contributed by atoms with Gasteiger partial charge in [0.15, 0.2) is 0 Å². The smallest absolute Gasteiger partial charge is 0.242 e. The van der Waals surface area contributed by atoms with E-state index in [0.29, 0.717) is 36.2 Å². The van der Waals surface area contributed by atoms with E-state index in [0.717, 1.165) is 24.8 Å². The van der Waals surface area contributed by atoms with E-state index in [1.165, 1.54) is 0 Å². The van der Waals surface area contributed by atoms with E-state index < -0.39 is 5.54 Å². The summed E-state index contributed by atoms with van der Waals surface area (Å²) < 4.78 is 5.95. The highest BCUT2D eigenvalue weighted by Gasteiger charge is 2.33. The molecule has 0 saturated carbocycles. The Hall–Kier alpha value is -0.520. The van der Waals surface area contributed by atoms with Crippen molar-refractivity contribution in [2.75, 3.05) is 13.1 Å². The molecule has 25 heavy (non-hydrogen) atoms. The van der Waals surface area contributed by atoms with Gasteiger partial charge in [-0.1, -0.05) is 42.6 Å². The predicted molar refractivity (Wildman–Crippen MR) is 106 cm³/mol. The number of hydrogen-bond acceptors (Lipinski definition) is 3. The zero-order valence-corrected chi connectivity index (χ0v) is 17.1. The third kappa shape index (κ3) is 6.30. The van der Waals surface area contributed by atoms with E-state index in [1.807, 2.05) is 30.9 Å². The highest BCUT2D eigenvalue weighted by Crippen LogP contribution is 2.24. The molecule has 0 aromatic heterocycles. The Morgan fingerprint density at radius 1 is 1.32 bits per heavy atom. The largest absolute Gasteiger partial charge is 0.373 e.